The first kappa shape index (κ1) is 43.6. The Bertz CT molecular complexity index is 1290. The van der Waals surface area contributed by atoms with E-state index >= 15 is 0 Å². The van der Waals surface area contributed by atoms with E-state index < -0.39 is 66.1 Å². The number of benzene rings is 1. The summed E-state index contributed by atoms with van der Waals surface area (Å²) in [6, 6.07) is 5.45. The van der Waals surface area contributed by atoms with Crippen LogP contribution in [0, 0.1) is 23.7 Å². The Morgan fingerprint density at radius 3 is 2.10 bits per heavy atom. The third-order valence-corrected chi connectivity index (χ3v) is 10.4. The Hall–Kier alpha value is -3.55. The molecule has 1 fully saturated rings. The van der Waals surface area contributed by atoms with Gasteiger partial charge < -0.3 is 40.7 Å². The Morgan fingerprint density at radius 2 is 1.59 bits per heavy atom. The van der Waals surface area contributed by atoms with Crippen LogP contribution in [0.3, 0.4) is 0 Å². The highest BCUT2D eigenvalue weighted by atomic mass is 16.5. The summed E-state index contributed by atoms with van der Waals surface area (Å²) in [5, 5.41) is 15.4. The summed E-state index contributed by atoms with van der Waals surface area (Å²) in [6.45, 7) is 13.6. The average Bonchev–Trinajstić information content (AvgIpc) is 3.59. The fraction of sp³-hybridized carbons (Fsp3) is 0.711. The van der Waals surface area contributed by atoms with Crippen molar-refractivity contribution in [2.45, 2.75) is 123 Å². The zero-order valence-electron chi connectivity index (χ0n) is 32.3. The van der Waals surface area contributed by atoms with Crippen LogP contribution in [0.2, 0.25) is 0 Å². The van der Waals surface area contributed by atoms with E-state index in [9.17, 15) is 29.1 Å². The van der Waals surface area contributed by atoms with Crippen molar-refractivity contribution in [2.24, 2.45) is 29.4 Å². The molecule has 0 radical (unpaired) electrons. The first-order valence-electron chi connectivity index (χ1n) is 18.2. The number of aliphatic carboxylic acids is 1. The van der Waals surface area contributed by atoms with Gasteiger partial charge in [-0.3, -0.25) is 19.2 Å². The van der Waals surface area contributed by atoms with E-state index in [-0.39, 0.29) is 42.4 Å². The quantitative estimate of drug-likeness (QED) is 0.158. The number of nitrogens with two attached hydrogens (primary N) is 1. The largest absolute Gasteiger partial charge is 0.480 e. The summed E-state index contributed by atoms with van der Waals surface area (Å²) >= 11 is 0. The highest BCUT2D eigenvalue weighted by Gasteiger charge is 2.43. The lowest BCUT2D eigenvalue weighted by molar-refractivity contribution is -0.148. The Kier molecular flexibility index (Phi) is 17.5. The van der Waals surface area contributed by atoms with Crippen LogP contribution in [-0.2, 0) is 39.9 Å². The first-order valence-corrected chi connectivity index (χ1v) is 18.2. The fourth-order valence-corrected chi connectivity index (χ4v) is 6.94. The van der Waals surface area contributed by atoms with Crippen LogP contribution in [0.4, 0.5) is 0 Å². The molecule has 1 aromatic carbocycles. The number of amides is 4. The van der Waals surface area contributed by atoms with Crippen LogP contribution < -0.4 is 16.4 Å². The molecule has 0 aromatic heterocycles. The van der Waals surface area contributed by atoms with Gasteiger partial charge in [0.05, 0.1) is 42.7 Å². The Morgan fingerprint density at radius 1 is 0.961 bits per heavy atom. The maximum absolute atomic E-state index is 14.1. The van der Waals surface area contributed by atoms with Gasteiger partial charge in [0, 0.05) is 34.2 Å². The number of carbonyl (C=O) groups excluding carboxylic acids is 4. The average molecular weight is 718 g/mol. The number of nitrogens with zero attached hydrogens (tertiary/aromatic N) is 2. The number of hydrogen-bond acceptors (Lipinski definition) is 8. The van der Waals surface area contributed by atoms with Gasteiger partial charge in [0.25, 0.3) is 0 Å². The number of carboxylic acids is 1. The number of likely N-dealkylation sites (N-methyl/N-ethyl adjacent to an activating group) is 1. The van der Waals surface area contributed by atoms with Crippen molar-refractivity contribution in [1.82, 2.24) is 20.4 Å². The van der Waals surface area contributed by atoms with Crippen molar-refractivity contribution in [2.75, 3.05) is 27.8 Å². The lowest BCUT2D eigenvalue weighted by Gasteiger charge is -2.41. The number of carbonyl (C=O) groups is 5. The second-order valence-electron chi connectivity index (χ2n) is 14.7. The molecule has 2 rings (SSSR count). The van der Waals surface area contributed by atoms with E-state index in [4.69, 9.17) is 15.2 Å². The maximum Gasteiger partial charge on any atom is 0.326 e. The molecule has 0 unspecified atom stereocenters. The van der Waals surface area contributed by atoms with Gasteiger partial charge in [-0.2, -0.15) is 0 Å². The second-order valence-corrected chi connectivity index (χ2v) is 14.7. The molecule has 5 N–H and O–H groups in total. The second kappa shape index (κ2) is 20.5. The summed E-state index contributed by atoms with van der Waals surface area (Å²) in [5.74, 6) is -3.63. The standard InChI is InChI=1S/C38H63N5O8/c1-11-24(6)33(42(8)37(47)32(23(4)5)41-36(46)31(39)22(2)3)29(50-9)21-30(44)43-19-15-18-28(43)34(51-10)25(7)35(45)40-27(38(48)49)20-26-16-13-12-14-17-26/h12-14,16-17,22-25,27-29,31-34H,11,15,18-21,39H2,1-10H3,(H,40,45)(H,41,46)(H,48,49)/t24-,25+,27-,28-,29-,31-,32-,33-,34+/m0/s1. The van der Waals surface area contributed by atoms with Crippen LogP contribution in [-0.4, -0.2) is 115 Å². The van der Waals surface area contributed by atoms with Crippen molar-refractivity contribution in [3.8, 4) is 0 Å². The minimum absolute atomic E-state index is 0.0221. The summed E-state index contributed by atoms with van der Waals surface area (Å²) in [7, 11) is 4.69. The number of ether oxygens (including phenoxy) is 2. The zero-order valence-corrected chi connectivity index (χ0v) is 32.3. The molecule has 1 aliphatic heterocycles. The minimum Gasteiger partial charge on any atom is -0.480 e. The SMILES string of the molecule is CC[C@H](C)[C@@H]([C@H](CC(=O)N1CCC[C@H]1[C@H](OC)[C@@H](C)C(=O)N[C@@H](Cc1ccccc1)C(=O)O)OC)N(C)C(=O)[C@@H](NC(=O)[C@@H](N)C(C)C)C(C)C. The number of hydrogen-bond donors (Lipinski definition) is 4. The highest BCUT2D eigenvalue weighted by molar-refractivity contribution is 5.90. The van der Waals surface area contributed by atoms with Crippen LogP contribution in [0.15, 0.2) is 30.3 Å². The number of rotatable bonds is 20. The van der Waals surface area contributed by atoms with E-state index in [1.807, 2.05) is 71.9 Å². The molecule has 1 aromatic rings. The Balaban J connectivity index is 2.25. The van der Waals surface area contributed by atoms with Crippen LogP contribution in [0.1, 0.15) is 79.7 Å². The van der Waals surface area contributed by atoms with Crippen molar-refractivity contribution in [1.29, 1.82) is 0 Å². The molecular formula is C38H63N5O8. The van der Waals surface area contributed by atoms with Crippen molar-refractivity contribution in [3.05, 3.63) is 35.9 Å². The molecule has 1 aliphatic rings. The van der Waals surface area contributed by atoms with E-state index in [0.717, 1.165) is 5.56 Å². The molecule has 288 valence electrons. The summed E-state index contributed by atoms with van der Waals surface area (Å²) < 4.78 is 11.8. The molecule has 0 aliphatic carbocycles. The zero-order chi connectivity index (χ0) is 38.6. The third kappa shape index (κ3) is 11.7. The van der Waals surface area contributed by atoms with Gasteiger partial charge in [-0.15, -0.1) is 0 Å². The molecule has 13 nitrogen and oxygen atoms in total. The van der Waals surface area contributed by atoms with Crippen LogP contribution in [0.25, 0.3) is 0 Å². The lowest BCUT2D eigenvalue weighted by Crippen LogP contribution is -2.59. The van der Waals surface area contributed by atoms with Gasteiger partial charge >= 0.3 is 5.97 Å². The molecule has 1 heterocycles. The molecule has 1 saturated heterocycles. The topological polar surface area (TPSA) is 181 Å². The molecule has 4 amide bonds. The van der Waals surface area contributed by atoms with Crippen molar-refractivity contribution in [3.63, 3.8) is 0 Å². The first-order chi connectivity index (χ1) is 24.0. The van der Waals surface area contributed by atoms with E-state index in [0.29, 0.717) is 25.8 Å². The molecule has 0 saturated carbocycles. The molecule has 13 heteroatoms. The predicted octanol–water partition coefficient (Wildman–Crippen LogP) is 2.84. The van der Waals surface area contributed by atoms with Crippen LogP contribution in [0.5, 0.6) is 0 Å². The lowest BCUT2D eigenvalue weighted by atomic mass is 9.89. The van der Waals surface area contributed by atoms with E-state index in [1.165, 1.54) is 14.2 Å². The van der Waals surface area contributed by atoms with Gasteiger partial charge in [-0.1, -0.05) is 85.2 Å². The van der Waals surface area contributed by atoms with Gasteiger partial charge in [0.2, 0.25) is 23.6 Å². The van der Waals surface area contributed by atoms with E-state index in [1.54, 1.807) is 23.8 Å². The molecule has 0 spiro atoms. The minimum atomic E-state index is -1.14. The predicted molar refractivity (Wildman–Crippen MR) is 195 cm³/mol. The molecule has 0 bridgehead atoms. The number of likely N-dealkylation sites (tertiary alicyclic amines) is 1. The van der Waals surface area contributed by atoms with Gasteiger partial charge in [0.15, 0.2) is 0 Å². The monoisotopic (exact) mass is 717 g/mol. The third-order valence-electron chi connectivity index (χ3n) is 10.4. The summed E-state index contributed by atoms with van der Waals surface area (Å²) in [6.07, 6.45) is 0.766. The van der Waals surface area contributed by atoms with Crippen LogP contribution >= 0.6 is 0 Å². The molecule has 9 atom stereocenters. The summed E-state index contributed by atoms with van der Waals surface area (Å²) in [5.41, 5.74) is 6.87. The van der Waals surface area contributed by atoms with Gasteiger partial charge in [0.1, 0.15) is 12.1 Å². The summed E-state index contributed by atoms with van der Waals surface area (Å²) in [4.78, 5) is 69.8. The Labute approximate surface area is 304 Å². The molecule has 51 heavy (non-hydrogen) atoms. The fourth-order valence-electron chi connectivity index (χ4n) is 6.94. The van der Waals surface area contributed by atoms with Gasteiger partial charge in [-0.25, -0.2) is 4.79 Å². The van der Waals surface area contributed by atoms with Crippen molar-refractivity contribution < 1.29 is 38.6 Å². The highest BCUT2D eigenvalue weighted by Crippen LogP contribution is 2.29. The molecular weight excluding hydrogens is 654 g/mol. The number of carboxylic acid groups (broad SMARTS) is 1. The van der Waals surface area contributed by atoms with Gasteiger partial charge in [-0.05, 0) is 36.2 Å². The maximum atomic E-state index is 14.1. The van der Waals surface area contributed by atoms with Crippen molar-refractivity contribution >= 4 is 29.6 Å². The van der Waals surface area contributed by atoms with E-state index in [2.05, 4.69) is 10.6 Å². The normalized spacial score (nSPS) is 19.4. The number of methoxy groups -OCH3 is 2. The smallest absolute Gasteiger partial charge is 0.326 e. The number of nitrogens with one attached hydrogen (secondary N) is 2.